The molecule has 3 aromatic carbocycles. The fourth-order valence-corrected chi connectivity index (χ4v) is 4.92. The lowest BCUT2D eigenvalue weighted by molar-refractivity contribution is 0.343. The molecule has 0 unspecified atom stereocenters. The molecule has 7 nitrogen and oxygen atoms in total. The van der Waals surface area contributed by atoms with Crippen molar-refractivity contribution >= 4 is 32.7 Å². The van der Waals surface area contributed by atoms with Crippen LogP contribution < -0.4 is 15.4 Å². The van der Waals surface area contributed by atoms with Gasteiger partial charge in [0, 0.05) is 12.3 Å². The smallest absolute Gasteiger partial charge is 0.262 e. The predicted octanol–water partition coefficient (Wildman–Crippen LogP) is 3.85. The fraction of sp³-hybridized carbons (Fsp3) is 0.200. The lowest BCUT2D eigenvalue weighted by Crippen LogP contribution is -2.24. The van der Waals surface area contributed by atoms with Crippen molar-refractivity contribution in [3.63, 3.8) is 0 Å². The molecule has 0 spiro atoms. The van der Waals surface area contributed by atoms with Gasteiger partial charge in [-0.1, -0.05) is 54.2 Å². The number of ether oxygens (including phenoxy) is 1. The molecule has 0 saturated heterocycles. The summed E-state index contributed by atoms with van der Waals surface area (Å²) >= 11 is 1.46. The summed E-state index contributed by atoms with van der Waals surface area (Å²) in [4.78, 5) is 17.9. The van der Waals surface area contributed by atoms with Crippen LogP contribution in [0.15, 0.2) is 93.7 Å². The number of primary sulfonamides is 1. The van der Waals surface area contributed by atoms with Gasteiger partial charge in [-0.2, -0.15) is 0 Å². The van der Waals surface area contributed by atoms with Gasteiger partial charge in [-0.25, -0.2) is 18.5 Å². The SMILES string of the molecule is NS(=O)(=O)c1ccc(OCCSc2nc3ccccc3c(=O)n2CCCc2ccccc2)cc1. The summed E-state index contributed by atoms with van der Waals surface area (Å²) in [5.41, 5.74) is 1.87. The second-order valence-corrected chi connectivity index (χ2v) is 10.3. The van der Waals surface area contributed by atoms with Crippen molar-refractivity contribution in [3.8, 4) is 5.75 Å². The molecule has 0 aliphatic carbocycles. The number of nitrogens with zero attached hydrogens (tertiary/aromatic N) is 2. The van der Waals surface area contributed by atoms with E-state index in [-0.39, 0.29) is 10.5 Å². The first-order valence-corrected chi connectivity index (χ1v) is 13.4. The number of rotatable bonds is 10. The van der Waals surface area contributed by atoms with Gasteiger partial charge in [0.1, 0.15) is 5.75 Å². The van der Waals surface area contributed by atoms with Crippen molar-refractivity contribution in [2.24, 2.45) is 5.14 Å². The van der Waals surface area contributed by atoms with Gasteiger partial charge in [0.2, 0.25) is 10.0 Å². The van der Waals surface area contributed by atoms with Crippen LogP contribution in [-0.4, -0.2) is 30.3 Å². The van der Waals surface area contributed by atoms with Crippen LogP contribution in [0.1, 0.15) is 12.0 Å². The first kappa shape index (κ1) is 24.0. The third-order valence-electron chi connectivity index (χ3n) is 5.25. The van der Waals surface area contributed by atoms with Gasteiger partial charge < -0.3 is 4.74 Å². The molecule has 0 aliphatic rings. The Morgan fingerprint density at radius 1 is 0.941 bits per heavy atom. The van der Waals surface area contributed by atoms with Crippen LogP contribution in [0.4, 0.5) is 0 Å². The molecule has 0 amide bonds. The summed E-state index contributed by atoms with van der Waals surface area (Å²) in [6.07, 6.45) is 1.70. The largest absolute Gasteiger partial charge is 0.493 e. The standard InChI is InChI=1S/C25H25N3O4S2/c26-34(30,31)21-14-12-20(13-15-21)32-17-18-33-25-27-23-11-5-4-10-22(23)24(29)28(25)16-6-9-19-7-2-1-3-8-19/h1-5,7-8,10-15H,6,9,16-18H2,(H2,26,30,31). The summed E-state index contributed by atoms with van der Waals surface area (Å²) in [6.45, 7) is 0.940. The molecule has 176 valence electrons. The minimum Gasteiger partial charge on any atom is -0.493 e. The van der Waals surface area contributed by atoms with Crippen molar-refractivity contribution < 1.29 is 13.2 Å². The van der Waals surface area contributed by atoms with E-state index in [9.17, 15) is 13.2 Å². The summed E-state index contributed by atoms with van der Waals surface area (Å²) < 4.78 is 30.2. The number of nitrogens with two attached hydrogens (primary N) is 1. The molecule has 34 heavy (non-hydrogen) atoms. The van der Waals surface area contributed by atoms with Crippen LogP contribution >= 0.6 is 11.8 Å². The van der Waals surface area contributed by atoms with Crippen molar-refractivity contribution in [2.45, 2.75) is 29.4 Å². The molecule has 0 fully saturated rings. The van der Waals surface area contributed by atoms with Crippen LogP contribution in [0.3, 0.4) is 0 Å². The Kier molecular flexibility index (Phi) is 7.66. The van der Waals surface area contributed by atoms with E-state index in [1.54, 1.807) is 22.8 Å². The average Bonchev–Trinajstić information content (AvgIpc) is 2.84. The third-order valence-corrected chi connectivity index (χ3v) is 7.12. The predicted molar refractivity (Wildman–Crippen MR) is 135 cm³/mol. The maximum absolute atomic E-state index is 13.2. The third kappa shape index (κ3) is 6.05. The molecule has 1 heterocycles. The van der Waals surface area contributed by atoms with E-state index in [0.717, 1.165) is 12.8 Å². The van der Waals surface area contributed by atoms with Crippen molar-refractivity contribution in [1.82, 2.24) is 9.55 Å². The lowest BCUT2D eigenvalue weighted by atomic mass is 10.1. The van der Waals surface area contributed by atoms with E-state index >= 15 is 0 Å². The second-order valence-electron chi connectivity index (χ2n) is 7.67. The van der Waals surface area contributed by atoms with Gasteiger partial charge >= 0.3 is 0 Å². The highest BCUT2D eigenvalue weighted by molar-refractivity contribution is 7.99. The van der Waals surface area contributed by atoms with Crippen molar-refractivity contribution in [2.75, 3.05) is 12.4 Å². The van der Waals surface area contributed by atoms with E-state index in [1.807, 2.05) is 36.4 Å². The Balaban J connectivity index is 1.43. The van der Waals surface area contributed by atoms with Crippen LogP contribution in [0.2, 0.25) is 0 Å². The Labute approximate surface area is 202 Å². The summed E-state index contributed by atoms with van der Waals surface area (Å²) in [5.74, 6) is 1.11. The van der Waals surface area contributed by atoms with E-state index in [2.05, 4.69) is 12.1 Å². The fourth-order valence-electron chi connectivity index (χ4n) is 3.56. The summed E-state index contributed by atoms with van der Waals surface area (Å²) in [7, 11) is -3.73. The van der Waals surface area contributed by atoms with Gasteiger partial charge in [0.05, 0.1) is 22.4 Å². The van der Waals surface area contributed by atoms with E-state index < -0.39 is 10.0 Å². The monoisotopic (exact) mass is 495 g/mol. The molecular weight excluding hydrogens is 470 g/mol. The number of fused-ring (bicyclic) bond motifs is 1. The zero-order chi connectivity index (χ0) is 24.0. The molecule has 0 atom stereocenters. The number of hydrogen-bond acceptors (Lipinski definition) is 6. The molecular formula is C25H25N3O4S2. The number of aromatic nitrogens is 2. The first-order chi connectivity index (χ1) is 16.4. The number of benzene rings is 3. The number of para-hydroxylation sites is 1. The van der Waals surface area contributed by atoms with Gasteiger partial charge in [0.15, 0.2) is 5.16 Å². The lowest BCUT2D eigenvalue weighted by Gasteiger charge is -2.13. The van der Waals surface area contributed by atoms with Gasteiger partial charge in [-0.3, -0.25) is 9.36 Å². The summed E-state index contributed by atoms with van der Waals surface area (Å²) in [6, 6.07) is 23.5. The maximum atomic E-state index is 13.2. The normalized spacial score (nSPS) is 11.6. The highest BCUT2D eigenvalue weighted by Gasteiger charge is 2.12. The van der Waals surface area contributed by atoms with Crippen LogP contribution in [-0.2, 0) is 23.0 Å². The minimum absolute atomic E-state index is 0.0362. The molecule has 2 N–H and O–H groups in total. The zero-order valence-electron chi connectivity index (χ0n) is 18.5. The second kappa shape index (κ2) is 10.9. The Morgan fingerprint density at radius 2 is 1.65 bits per heavy atom. The quantitative estimate of drug-likeness (QED) is 0.204. The van der Waals surface area contributed by atoms with Crippen molar-refractivity contribution in [1.29, 1.82) is 0 Å². The first-order valence-electron chi connectivity index (χ1n) is 10.8. The topological polar surface area (TPSA) is 104 Å². The number of sulfonamides is 1. The highest BCUT2D eigenvalue weighted by Crippen LogP contribution is 2.20. The van der Waals surface area contributed by atoms with E-state index in [1.165, 1.54) is 29.5 Å². The molecule has 4 aromatic rings. The number of aryl methyl sites for hydroxylation is 1. The Bertz CT molecular complexity index is 1420. The molecule has 0 saturated carbocycles. The van der Waals surface area contributed by atoms with Gasteiger partial charge in [-0.15, -0.1) is 0 Å². The molecule has 1 aromatic heterocycles. The van der Waals surface area contributed by atoms with Gasteiger partial charge in [0.25, 0.3) is 5.56 Å². The molecule has 4 rings (SSSR count). The number of thioether (sulfide) groups is 1. The highest BCUT2D eigenvalue weighted by atomic mass is 32.2. The molecule has 0 radical (unpaired) electrons. The molecule has 0 bridgehead atoms. The summed E-state index contributed by atoms with van der Waals surface area (Å²) in [5, 5.41) is 6.39. The van der Waals surface area contributed by atoms with Gasteiger partial charge in [-0.05, 0) is 54.8 Å². The van der Waals surface area contributed by atoms with E-state index in [4.69, 9.17) is 14.9 Å². The zero-order valence-corrected chi connectivity index (χ0v) is 20.1. The van der Waals surface area contributed by atoms with Crippen LogP contribution in [0.25, 0.3) is 10.9 Å². The Morgan fingerprint density at radius 3 is 2.38 bits per heavy atom. The average molecular weight is 496 g/mol. The van der Waals surface area contributed by atoms with Crippen LogP contribution in [0.5, 0.6) is 5.75 Å². The van der Waals surface area contributed by atoms with Crippen LogP contribution in [0, 0.1) is 0 Å². The Hall–Kier alpha value is -3.14. The maximum Gasteiger partial charge on any atom is 0.262 e. The van der Waals surface area contributed by atoms with Crippen molar-refractivity contribution in [3.05, 3.63) is 94.8 Å². The van der Waals surface area contributed by atoms with E-state index in [0.29, 0.717) is 40.7 Å². The number of hydrogen-bond donors (Lipinski definition) is 1. The molecule has 9 heteroatoms. The minimum atomic E-state index is -3.73. The molecule has 0 aliphatic heterocycles.